The molecule has 1 atom stereocenters. The van der Waals surface area contributed by atoms with Crippen LogP contribution < -0.4 is 14.8 Å². The van der Waals surface area contributed by atoms with Crippen molar-refractivity contribution in [1.29, 1.82) is 0 Å². The number of benzene rings is 3. The van der Waals surface area contributed by atoms with Crippen LogP contribution in [-0.2, 0) is 22.6 Å². The van der Waals surface area contributed by atoms with Crippen LogP contribution in [0.15, 0.2) is 66.7 Å². The lowest BCUT2D eigenvalue weighted by Gasteiger charge is -2.32. The van der Waals surface area contributed by atoms with Gasteiger partial charge in [-0.3, -0.25) is 19.7 Å². The van der Waals surface area contributed by atoms with Gasteiger partial charge in [-0.05, 0) is 29.7 Å². The van der Waals surface area contributed by atoms with Gasteiger partial charge >= 0.3 is 5.69 Å². The first-order chi connectivity index (χ1) is 19.1. The number of hydrogen-bond acceptors (Lipinski definition) is 6. The lowest BCUT2D eigenvalue weighted by atomic mass is 10.0. The standard InChI is InChI=1S/C29H31Cl2N3O6/c1-19(2)16-32-29(36)26(14-20-8-5-4-6-9-20)33(17-22-23(30)10-7-11-24(22)31)28(35)18-40-21-12-13-25(34(37)38)27(15-21)39-3/h4-13,15,19,26H,14,16-18H2,1-3H3,(H,32,36)/t26-/m1/s1. The second-order valence-electron chi connectivity index (χ2n) is 9.45. The minimum atomic E-state index is -0.906. The molecule has 0 heterocycles. The molecule has 3 aromatic carbocycles. The molecule has 3 aromatic rings. The van der Waals surface area contributed by atoms with E-state index in [-0.39, 0.29) is 42.0 Å². The number of methoxy groups -OCH3 is 1. The third-order valence-electron chi connectivity index (χ3n) is 6.06. The summed E-state index contributed by atoms with van der Waals surface area (Å²) in [5, 5.41) is 14.9. The molecular weight excluding hydrogens is 557 g/mol. The first-order valence-electron chi connectivity index (χ1n) is 12.6. The fourth-order valence-electron chi connectivity index (χ4n) is 3.96. The van der Waals surface area contributed by atoms with Gasteiger partial charge in [-0.25, -0.2) is 0 Å². The minimum Gasteiger partial charge on any atom is -0.490 e. The molecular formula is C29H31Cl2N3O6. The van der Waals surface area contributed by atoms with Crippen molar-refractivity contribution < 1.29 is 24.0 Å². The van der Waals surface area contributed by atoms with Crippen LogP contribution in [0, 0.1) is 16.0 Å². The number of amides is 2. The molecule has 0 radical (unpaired) electrons. The quantitative estimate of drug-likeness (QED) is 0.203. The average Bonchev–Trinajstić information content (AvgIpc) is 2.93. The Bertz CT molecular complexity index is 1320. The van der Waals surface area contributed by atoms with E-state index in [4.69, 9.17) is 32.7 Å². The predicted molar refractivity (Wildman–Crippen MR) is 154 cm³/mol. The highest BCUT2D eigenvalue weighted by Gasteiger charge is 2.32. The fourth-order valence-corrected chi connectivity index (χ4v) is 4.47. The zero-order chi connectivity index (χ0) is 29.2. The van der Waals surface area contributed by atoms with Crippen molar-refractivity contribution >= 4 is 40.7 Å². The molecule has 3 rings (SSSR count). The summed E-state index contributed by atoms with van der Waals surface area (Å²) >= 11 is 12.9. The Morgan fingerprint density at radius 1 is 1.02 bits per heavy atom. The van der Waals surface area contributed by atoms with Crippen LogP contribution in [0.5, 0.6) is 11.5 Å². The summed E-state index contributed by atoms with van der Waals surface area (Å²) in [7, 11) is 1.30. The number of nitro groups is 1. The van der Waals surface area contributed by atoms with Crippen molar-refractivity contribution in [2.45, 2.75) is 32.9 Å². The van der Waals surface area contributed by atoms with E-state index >= 15 is 0 Å². The summed E-state index contributed by atoms with van der Waals surface area (Å²) in [6, 6.07) is 17.4. The second kappa shape index (κ2) is 14.5. The summed E-state index contributed by atoms with van der Waals surface area (Å²) in [5.41, 5.74) is 1.11. The normalized spacial score (nSPS) is 11.6. The van der Waals surface area contributed by atoms with Crippen LogP contribution in [0.1, 0.15) is 25.0 Å². The van der Waals surface area contributed by atoms with E-state index in [0.717, 1.165) is 5.56 Å². The summed E-state index contributed by atoms with van der Waals surface area (Å²) in [6.45, 7) is 3.89. The highest BCUT2D eigenvalue weighted by Crippen LogP contribution is 2.31. The molecule has 0 aromatic heterocycles. The molecule has 1 N–H and O–H groups in total. The fraction of sp³-hybridized carbons (Fsp3) is 0.310. The van der Waals surface area contributed by atoms with E-state index in [1.807, 2.05) is 44.2 Å². The molecule has 0 spiro atoms. The van der Waals surface area contributed by atoms with Gasteiger partial charge in [0.05, 0.1) is 12.0 Å². The summed E-state index contributed by atoms with van der Waals surface area (Å²) in [5.74, 6) is -0.455. The summed E-state index contributed by atoms with van der Waals surface area (Å²) in [4.78, 5) is 39.3. The number of ether oxygens (including phenoxy) is 2. The van der Waals surface area contributed by atoms with E-state index in [2.05, 4.69) is 5.32 Å². The molecule has 0 aliphatic rings. The zero-order valence-electron chi connectivity index (χ0n) is 22.4. The lowest BCUT2D eigenvalue weighted by Crippen LogP contribution is -2.52. The van der Waals surface area contributed by atoms with E-state index in [0.29, 0.717) is 22.2 Å². The molecule has 212 valence electrons. The maximum Gasteiger partial charge on any atom is 0.311 e. The Labute approximate surface area is 243 Å². The number of hydrogen-bond donors (Lipinski definition) is 1. The van der Waals surface area contributed by atoms with Crippen LogP contribution in [0.3, 0.4) is 0 Å². The second-order valence-corrected chi connectivity index (χ2v) is 10.3. The molecule has 40 heavy (non-hydrogen) atoms. The number of nitrogens with zero attached hydrogens (tertiary/aromatic N) is 2. The Balaban J connectivity index is 1.96. The smallest absolute Gasteiger partial charge is 0.311 e. The first-order valence-corrected chi connectivity index (χ1v) is 13.4. The topological polar surface area (TPSA) is 111 Å². The lowest BCUT2D eigenvalue weighted by molar-refractivity contribution is -0.385. The molecule has 2 amide bonds. The number of carbonyl (C=O) groups is 2. The van der Waals surface area contributed by atoms with Gasteiger partial charge in [0.2, 0.25) is 11.7 Å². The van der Waals surface area contributed by atoms with Gasteiger partial charge in [-0.15, -0.1) is 0 Å². The van der Waals surface area contributed by atoms with Crippen molar-refractivity contribution in [2.24, 2.45) is 5.92 Å². The predicted octanol–water partition coefficient (Wildman–Crippen LogP) is 5.70. The Morgan fingerprint density at radius 2 is 1.70 bits per heavy atom. The Kier molecular flexibility index (Phi) is 11.2. The van der Waals surface area contributed by atoms with Crippen molar-refractivity contribution in [3.8, 4) is 11.5 Å². The third-order valence-corrected chi connectivity index (χ3v) is 6.76. The number of carbonyl (C=O) groups excluding carboxylic acids is 2. The van der Waals surface area contributed by atoms with Gasteiger partial charge in [0.25, 0.3) is 5.91 Å². The SMILES string of the molecule is COc1cc(OCC(=O)N(Cc2c(Cl)cccc2Cl)[C@H](Cc2ccccc2)C(=O)NCC(C)C)ccc1[N+](=O)[O-]. The third kappa shape index (κ3) is 8.34. The number of nitro benzene ring substituents is 1. The van der Waals surface area contributed by atoms with Crippen LogP contribution in [0.4, 0.5) is 5.69 Å². The summed E-state index contributed by atoms with van der Waals surface area (Å²) < 4.78 is 10.8. The molecule has 0 saturated carbocycles. The van der Waals surface area contributed by atoms with Crippen molar-refractivity contribution in [2.75, 3.05) is 20.3 Å². The zero-order valence-corrected chi connectivity index (χ0v) is 23.9. The van der Waals surface area contributed by atoms with Crippen LogP contribution >= 0.6 is 23.2 Å². The van der Waals surface area contributed by atoms with E-state index in [9.17, 15) is 19.7 Å². The van der Waals surface area contributed by atoms with E-state index < -0.39 is 23.5 Å². The van der Waals surface area contributed by atoms with Crippen LogP contribution in [0.25, 0.3) is 0 Å². The largest absolute Gasteiger partial charge is 0.490 e. The molecule has 0 fully saturated rings. The molecule has 0 aliphatic heterocycles. The van der Waals surface area contributed by atoms with Gasteiger partial charge in [0.1, 0.15) is 11.8 Å². The molecule has 11 heteroatoms. The van der Waals surface area contributed by atoms with Crippen LogP contribution in [-0.4, -0.2) is 47.9 Å². The molecule has 0 unspecified atom stereocenters. The van der Waals surface area contributed by atoms with Gasteiger partial charge in [-0.2, -0.15) is 0 Å². The number of halogens is 2. The number of rotatable bonds is 13. The Hall–Kier alpha value is -3.82. The molecule has 0 saturated heterocycles. The van der Waals surface area contributed by atoms with Crippen LogP contribution in [0.2, 0.25) is 10.0 Å². The van der Waals surface area contributed by atoms with Gasteiger partial charge < -0.3 is 19.7 Å². The highest BCUT2D eigenvalue weighted by atomic mass is 35.5. The molecule has 0 aliphatic carbocycles. The van der Waals surface area contributed by atoms with Gasteiger partial charge in [0, 0.05) is 47.3 Å². The monoisotopic (exact) mass is 587 g/mol. The van der Waals surface area contributed by atoms with Crippen molar-refractivity contribution in [1.82, 2.24) is 10.2 Å². The first kappa shape index (κ1) is 30.7. The van der Waals surface area contributed by atoms with Crippen molar-refractivity contribution in [3.63, 3.8) is 0 Å². The average molecular weight is 588 g/mol. The maximum atomic E-state index is 13.7. The number of nitrogens with one attached hydrogen (secondary N) is 1. The van der Waals surface area contributed by atoms with Crippen molar-refractivity contribution in [3.05, 3.63) is 98.0 Å². The van der Waals surface area contributed by atoms with E-state index in [1.165, 1.54) is 30.2 Å². The van der Waals surface area contributed by atoms with Gasteiger partial charge in [-0.1, -0.05) is 73.4 Å². The highest BCUT2D eigenvalue weighted by molar-refractivity contribution is 6.36. The van der Waals surface area contributed by atoms with Gasteiger partial charge in [0.15, 0.2) is 6.61 Å². The maximum absolute atomic E-state index is 13.7. The van der Waals surface area contributed by atoms with E-state index in [1.54, 1.807) is 18.2 Å². The molecule has 0 bridgehead atoms. The minimum absolute atomic E-state index is 0.00956. The molecule has 9 nitrogen and oxygen atoms in total. The Morgan fingerprint density at radius 3 is 2.30 bits per heavy atom. The summed E-state index contributed by atoms with van der Waals surface area (Å²) in [6.07, 6.45) is 0.240.